The fourth-order valence-electron chi connectivity index (χ4n) is 2.98. The second-order valence-corrected chi connectivity index (χ2v) is 6.92. The predicted octanol–water partition coefficient (Wildman–Crippen LogP) is 3.41. The molecule has 0 bridgehead atoms. The maximum Gasteiger partial charge on any atom is 0.273 e. The number of hydrogen-bond donors (Lipinski definition) is 1. The van der Waals surface area contributed by atoms with Gasteiger partial charge in [-0.1, -0.05) is 19.1 Å². The summed E-state index contributed by atoms with van der Waals surface area (Å²) in [7, 11) is 0. The van der Waals surface area contributed by atoms with E-state index in [4.69, 9.17) is 0 Å². The van der Waals surface area contributed by atoms with Crippen LogP contribution in [0.15, 0.2) is 29.6 Å². The van der Waals surface area contributed by atoms with Crippen LogP contribution in [0.4, 0.5) is 4.39 Å². The van der Waals surface area contributed by atoms with E-state index >= 15 is 0 Å². The van der Waals surface area contributed by atoms with Crippen LogP contribution in [0.25, 0.3) is 10.6 Å². The Hall–Kier alpha value is -1.79. The quantitative estimate of drug-likeness (QED) is 0.901. The van der Waals surface area contributed by atoms with Crippen LogP contribution >= 0.6 is 11.3 Å². The highest BCUT2D eigenvalue weighted by atomic mass is 32.1. The first-order valence-corrected chi connectivity index (χ1v) is 9.27. The lowest BCUT2D eigenvalue weighted by Crippen LogP contribution is -2.40. The number of nitrogens with one attached hydrogen (secondary N) is 1. The average molecular weight is 347 g/mol. The molecule has 24 heavy (non-hydrogen) atoms. The predicted molar refractivity (Wildman–Crippen MR) is 94.7 cm³/mol. The molecule has 2 heterocycles. The number of hydrogen-bond acceptors (Lipinski definition) is 4. The van der Waals surface area contributed by atoms with Crippen molar-refractivity contribution in [2.45, 2.75) is 19.8 Å². The van der Waals surface area contributed by atoms with E-state index < -0.39 is 0 Å². The molecule has 0 saturated carbocycles. The van der Waals surface area contributed by atoms with Crippen LogP contribution in [-0.2, 0) is 0 Å². The molecule has 0 spiro atoms. The first-order chi connectivity index (χ1) is 11.7. The lowest BCUT2D eigenvalue weighted by molar-refractivity contribution is 0.0685. The van der Waals surface area contributed by atoms with Gasteiger partial charge in [-0.05, 0) is 44.0 Å². The fraction of sp³-hybridized carbons (Fsp3) is 0.444. The van der Waals surface area contributed by atoms with Crippen LogP contribution in [0.1, 0.15) is 30.3 Å². The molecule has 1 N–H and O–H groups in total. The van der Waals surface area contributed by atoms with Gasteiger partial charge in [0.05, 0.1) is 0 Å². The topological polar surface area (TPSA) is 45.2 Å². The van der Waals surface area contributed by atoms with Crippen molar-refractivity contribution < 1.29 is 9.18 Å². The Kier molecular flexibility index (Phi) is 5.58. The summed E-state index contributed by atoms with van der Waals surface area (Å²) in [4.78, 5) is 18.8. The summed E-state index contributed by atoms with van der Waals surface area (Å²) < 4.78 is 13.9. The Bertz CT molecular complexity index is 695. The van der Waals surface area contributed by atoms with Gasteiger partial charge < -0.3 is 10.2 Å². The molecule has 1 fully saturated rings. The average Bonchev–Trinajstić information content (AvgIpc) is 3.10. The number of benzene rings is 1. The molecular weight excluding hydrogens is 325 g/mol. The van der Waals surface area contributed by atoms with Gasteiger partial charge in [0.15, 0.2) is 0 Å². The molecule has 2 aromatic rings. The summed E-state index contributed by atoms with van der Waals surface area (Å²) in [5.74, 6) is 0.282. The van der Waals surface area contributed by atoms with Crippen molar-refractivity contribution >= 4 is 17.2 Å². The third-order valence-corrected chi connectivity index (χ3v) is 5.29. The van der Waals surface area contributed by atoms with Gasteiger partial charge in [0.2, 0.25) is 0 Å². The SMILES string of the molecule is CCNCC1CCN(C(=O)c2csc(-c3ccccc3F)n2)CC1. The molecule has 1 aliphatic heterocycles. The second-order valence-electron chi connectivity index (χ2n) is 6.06. The van der Waals surface area contributed by atoms with Crippen molar-refractivity contribution in [3.05, 3.63) is 41.2 Å². The van der Waals surface area contributed by atoms with E-state index in [1.54, 1.807) is 23.6 Å². The molecule has 3 rings (SSSR count). The Morgan fingerprint density at radius 3 is 2.83 bits per heavy atom. The molecule has 0 atom stereocenters. The summed E-state index contributed by atoms with van der Waals surface area (Å²) >= 11 is 1.31. The van der Waals surface area contributed by atoms with Crippen molar-refractivity contribution in [3.8, 4) is 10.6 Å². The summed E-state index contributed by atoms with van der Waals surface area (Å²) in [5, 5.41) is 5.66. The van der Waals surface area contributed by atoms with Crippen LogP contribution < -0.4 is 5.32 Å². The number of likely N-dealkylation sites (tertiary alicyclic amines) is 1. The third-order valence-electron chi connectivity index (χ3n) is 4.41. The van der Waals surface area contributed by atoms with Gasteiger partial charge in [0.25, 0.3) is 5.91 Å². The molecule has 128 valence electrons. The number of halogens is 1. The number of aromatic nitrogens is 1. The molecule has 6 heteroatoms. The van der Waals surface area contributed by atoms with Crippen LogP contribution in [0.3, 0.4) is 0 Å². The van der Waals surface area contributed by atoms with Crippen molar-refractivity contribution in [1.29, 1.82) is 0 Å². The van der Waals surface area contributed by atoms with E-state index in [1.807, 2.05) is 4.90 Å². The van der Waals surface area contributed by atoms with E-state index in [2.05, 4.69) is 17.2 Å². The van der Waals surface area contributed by atoms with Gasteiger partial charge in [-0.2, -0.15) is 0 Å². The van der Waals surface area contributed by atoms with E-state index in [1.165, 1.54) is 17.4 Å². The zero-order valence-electron chi connectivity index (χ0n) is 13.8. The maximum atomic E-state index is 13.9. The second kappa shape index (κ2) is 7.85. The molecule has 1 amide bonds. The monoisotopic (exact) mass is 347 g/mol. The molecule has 1 aromatic heterocycles. The van der Waals surface area contributed by atoms with Gasteiger partial charge in [-0.25, -0.2) is 9.37 Å². The number of nitrogens with zero attached hydrogens (tertiary/aromatic N) is 2. The highest BCUT2D eigenvalue weighted by molar-refractivity contribution is 7.13. The Morgan fingerprint density at radius 1 is 1.38 bits per heavy atom. The number of carbonyl (C=O) groups is 1. The molecule has 1 saturated heterocycles. The highest BCUT2D eigenvalue weighted by Gasteiger charge is 2.25. The minimum absolute atomic E-state index is 0.0456. The summed E-state index contributed by atoms with van der Waals surface area (Å²) in [5.41, 5.74) is 0.870. The van der Waals surface area contributed by atoms with Crippen LogP contribution in [0, 0.1) is 11.7 Å². The largest absolute Gasteiger partial charge is 0.337 e. The number of amides is 1. The zero-order valence-corrected chi connectivity index (χ0v) is 14.6. The van der Waals surface area contributed by atoms with Crippen molar-refractivity contribution in [1.82, 2.24) is 15.2 Å². The normalized spacial score (nSPS) is 15.7. The minimum Gasteiger partial charge on any atom is -0.337 e. The lowest BCUT2D eigenvalue weighted by Gasteiger charge is -2.31. The van der Waals surface area contributed by atoms with Gasteiger partial charge in [0, 0.05) is 24.0 Å². The smallest absolute Gasteiger partial charge is 0.273 e. The van der Waals surface area contributed by atoms with E-state index in [9.17, 15) is 9.18 Å². The molecule has 4 nitrogen and oxygen atoms in total. The van der Waals surface area contributed by atoms with E-state index in [-0.39, 0.29) is 11.7 Å². The van der Waals surface area contributed by atoms with Gasteiger partial charge in [-0.15, -0.1) is 11.3 Å². The van der Waals surface area contributed by atoms with Gasteiger partial charge in [-0.3, -0.25) is 4.79 Å². The summed E-state index contributed by atoms with van der Waals surface area (Å²) in [6.45, 7) is 5.64. The zero-order chi connectivity index (χ0) is 16.9. The third kappa shape index (κ3) is 3.82. The fourth-order valence-corrected chi connectivity index (χ4v) is 3.80. The Balaban J connectivity index is 1.64. The standard InChI is InChI=1S/C18H22FN3OS/c1-2-20-11-13-7-9-22(10-8-13)18(23)16-12-24-17(21-16)14-5-3-4-6-15(14)19/h3-6,12-13,20H,2,7-11H2,1H3. The van der Waals surface area contributed by atoms with E-state index in [0.717, 1.165) is 39.0 Å². The molecule has 1 aromatic carbocycles. The molecule has 0 aliphatic carbocycles. The van der Waals surface area contributed by atoms with Gasteiger partial charge >= 0.3 is 0 Å². The first kappa shape index (κ1) is 17.0. The van der Waals surface area contributed by atoms with Crippen LogP contribution in [0.5, 0.6) is 0 Å². The minimum atomic E-state index is -0.310. The molecule has 0 radical (unpaired) electrons. The first-order valence-electron chi connectivity index (χ1n) is 8.39. The van der Waals surface area contributed by atoms with Crippen molar-refractivity contribution in [2.75, 3.05) is 26.2 Å². The number of rotatable bonds is 5. The number of piperidine rings is 1. The number of carbonyl (C=O) groups excluding carboxylic acids is 1. The summed E-state index contributed by atoms with van der Waals surface area (Å²) in [6.07, 6.45) is 2.03. The van der Waals surface area contributed by atoms with Crippen LogP contribution in [0.2, 0.25) is 0 Å². The highest BCUT2D eigenvalue weighted by Crippen LogP contribution is 2.27. The molecule has 0 unspecified atom stereocenters. The van der Waals surface area contributed by atoms with Gasteiger partial charge in [0.1, 0.15) is 16.5 Å². The molecule has 1 aliphatic rings. The molecular formula is C18H22FN3OS. The Labute approximate surface area is 145 Å². The van der Waals surface area contributed by atoms with Crippen molar-refractivity contribution in [3.63, 3.8) is 0 Å². The lowest BCUT2D eigenvalue weighted by atomic mass is 9.96. The Morgan fingerprint density at radius 2 is 2.12 bits per heavy atom. The van der Waals surface area contributed by atoms with Crippen LogP contribution in [-0.4, -0.2) is 42.0 Å². The van der Waals surface area contributed by atoms with Crippen molar-refractivity contribution in [2.24, 2.45) is 5.92 Å². The maximum absolute atomic E-state index is 13.9. The van der Waals surface area contributed by atoms with E-state index in [0.29, 0.717) is 22.2 Å². The summed E-state index contributed by atoms with van der Waals surface area (Å²) in [6, 6.07) is 6.52. The number of thiazole rings is 1.